The molecule has 0 aromatic carbocycles. The summed E-state index contributed by atoms with van der Waals surface area (Å²) in [6.07, 6.45) is 3.05. The van der Waals surface area contributed by atoms with Crippen LogP contribution in [0.25, 0.3) is 0 Å². The van der Waals surface area contributed by atoms with Crippen molar-refractivity contribution in [3.05, 3.63) is 0 Å². The van der Waals surface area contributed by atoms with Gasteiger partial charge in [0.05, 0.1) is 6.61 Å². The summed E-state index contributed by atoms with van der Waals surface area (Å²) in [6.45, 7) is 7.83. The van der Waals surface area contributed by atoms with E-state index >= 15 is 0 Å². The highest BCUT2D eigenvalue weighted by Crippen LogP contribution is 2.26. The number of carbonyl (C=O) groups excluding carboxylic acids is 2. The van der Waals surface area contributed by atoms with Gasteiger partial charge in [0.25, 0.3) is 0 Å². The van der Waals surface area contributed by atoms with Gasteiger partial charge in [-0.05, 0) is 26.7 Å². The Hall–Kier alpha value is -1.14. The summed E-state index contributed by atoms with van der Waals surface area (Å²) in [5.74, 6) is 0.199. The zero-order valence-corrected chi connectivity index (χ0v) is 14.0. The second-order valence-corrected chi connectivity index (χ2v) is 6.52. The molecule has 2 unspecified atom stereocenters. The van der Waals surface area contributed by atoms with E-state index in [0.29, 0.717) is 19.2 Å². The van der Waals surface area contributed by atoms with Crippen LogP contribution in [0.3, 0.4) is 0 Å². The summed E-state index contributed by atoms with van der Waals surface area (Å²) < 4.78 is 5.12. The van der Waals surface area contributed by atoms with Gasteiger partial charge in [0, 0.05) is 45.2 Å². The molecule has 0 radical (unpaired) electrons. The molecule has 1 aliphatic heterocycles. The van der Waals surface area contributed by atoms with Crippen molar-refractivity contribution in [1.29, 1.82) is 0 Å². The van der Waals surface area contributed by atoms with Crippen LogP contribution in [0.1, 0.15) is 33.1 Å². The smallest absolute Gasteiger partial charge is 0.244 e. The summed E-state index contributed by atoms with van der Waals surface area (Å²) in [6, 6.07) is -0.104. The molecule has 1 saturated carbocycles. The minimum Gasteiger partial charge on any atom is -0.383 e. The van der Waals surface area contributed by atoms with Gasteiger partial charge in [-0.2, -0.15) is 0 Å². The van der Waals surface area contributed by atoms with E-state index in [1.807, 2.05) is 4.90 Å². The SMILES string of the molecule is COCCN1CCN(C(=O)C(C)NC(=O)C2CCC2)CC1C. The first-order valence-corrected chi connectivity index (χ1v) is 8.35. The van der Waals surface area contributed by atoms with E-state index in [-0.39, 0.29) is 17.7 Å². The third kappa shape index (κ3) is 4.20. The van der Waals surface area contributed by atoms with Crippen LogP contribution in [0.2, 0.25) is 0 Å². The van der Waals surface area contributed by atoms with E-state index in [0.717, 1.165) is 38.9 Å². The molecule has 22 heavy (non-hydrogen) atoms. The summed E-state index contributed by atoms with van der Waals surface area (Å²) in [5.41, 5.74) is 0. The molecule has 6 nitrogen and oxygen atoms in total. The van der Waals surface area contributed by atoms with E-state index in [2.05, 4.69) is 17.1 Å². The van der Waals surface area contributed by atoms with Crippen molar-refractivity contribution in [2.75, 3.05) is 39.9 Å². The molecular formula is C16H29N3O3. The zero-order chi connectivity index (χ0) is 16.1. The first-order chi connectivity index (χ1) is 10.5. The molecule has 0 aromatic heterocycles. The lowest BCUT2D eigenvalue weighted by Crippen LogP contribution is -2.58. The molecular weight excluding hydrogens is 282 g/mol. The van der Waals surface area contributed by atoms with Crippen molar-refractivity contribution in [2.24, 2.45) is 5.92 Å². The Kier molecular flexibility index (Phi) is 6.20. The van der Waals surface area contributed by atoms with Gasteiger partial charge in [0.2, 0.25) is 11.8 Å². The number of piperazine rings is 1. The van der Waals surface area contributed by atoms with Crippen LogP contribution >= 0.6 is 0 Å². The molecule has 126 valence electrons. The molecule has 1 aliphatic carbocycles. The highest BCUT2D eigenvalue weighted by atomic mass is 16.5. The maximum Gasteiger partial charge on any atom is 0.244 e. The molecule has 2 fully saturated rings. The first-order valence-electron chi connectivity index (χ1n) is 8.35. The highest BCUT2D eigenvalue weighted by Gasteiger charge is 2.31. The van der Waals surface area contributed by atoms with E-state index < -0.39 is 6.04 Å². The van der Waals surface area contributed by atoms with Gasteiger partial charge in [0.1, 0.15) is 6.04 Å². The molecule has 0 spiro atoms. The molecule has 0 bridgehead atoms. The van der Waals surface area contributed by atoms with E-state index in [1.54, 1.807) is 14.0 Å². The Morgan fingerprint density at radius 1 is 1.32 bits per heavy atom. The topological polar surface area (TPSA) is 61.9 Å². The number of methoxy groups -OCH3 is 1. The van der Waals surface area contributed by atoms with Gasteiger partial charge >= 0.3 is 0 Å². The lowest BCUT2D eigenvalue weighted by molar-refractivity contribution is -0.139. The van der Waals surface area contributed by atoms with Crippen LogP contribution in [-0.4, -0.2) is 73.6 Å². The third-order valence-corrected chi connectivity index (χ3v) is 4.86. The minimum atomic E-state index is -0.425. The lowest BCUT2D eigenvalue weighted by atomic mass is 9.84. The predicted octanol–water partition coefficient (Wildman–Crippen LogP) is 0.470. The average molecular weight is 311 g/mol. The molecule has 1 N–H and O–H groups in total. The quantitative estimate of drug-likeness (QED) is 0.775. The number of nitrogens with one attached hydrogen (secondary N) is 1. The third-order valence-electron chi connectivity index (χ3n) is 4.86. The molecule has 2 atom stereocenters. The van der Waals surface area contributed by atoms with Crippen LogP contribution in [0, 0.1) is 5.92 Å². The molecule has 1 saturated heterocycles. The van der Waals surface area contributed by atoms with Crippen molar-refractivity contribution in [2.45, 2.75) is 45.2 Å². The minimum absolute atomic E-state index is 0.0333. The number of ether oxygens (including phenoxy) is 1. The van der Waals surface area contributed by atoms with Crippen LogP contribution in [0.5, 0.6) is 0 Å². The fourth-order valence-corrected chi connectivity index (χ4v) is 3.07. The second kappa shape index (κ2) is 7.92. The Morgan fingerprint density at radius 3 is 2.59 bits per heavy atom. The Bertz CT molecular complexity index is 398. The van der Waals surface area contributed by atoms with Crippen molar-refractivity contribution >= 4 is 11.8 Å². The van der Waals surface area contributed by atoms with E-state index in [9.17, 15) is 9.59 Å². The number of hydrogen-bond acceptors (Lipinski definition) is 4. The normalized spacial score (nSPS) is 24.7. The Morgan fingerprint density at radius 2 is 2.05 bits per heavy atom. The van der Waals surface area contributed by atoms with Gasteiger partial charge in [-0.3, -0.25) is 14.5 Å². The summed E-state index contributed by atoms with van der Waals surface area (Å²) in [5, 5.41) is 2.88. The summed E-state index contributed by atoms with van der Waals surface area (Å²) in [7, 11) is 1.71. The van der Waals surface area contributed by atoms with Gasteiger partial charge < -0.3 is 15.0 Å². The van der Waals surface area contributed by atoms with Crippen LogP contribution in [0.15, 0.2) is 0 Å². The van der Waals surface area contributed by atoms with E-state index in [1.165, 1.54) is 0 Å². The molecule has 2 rings (SSSR count). The van der Waals surface area contributed by atoms with E-state index in [4.69, 9.17) is 4.74 Å². The standard InChI is InChI=1S/C16H29N3O3/c1-12-11-19(8-7-18(12)9-10-22-3)16(21)13(2)17-15(20)14-5-4-6-14/h12-14H,4-11H2,1-3H3,(H,17,20). The fourth-order valence-electron chi connectivity index (χ4n) is 3.07. The predicted molar refractivity (Wildman–Crippen MR) is 84.4 cm³/mol. The van der Waals surface area contributed by atoms with Crippen molar-refractivity contribution in [3.63, 3.8) is 0 Å². The fraction of sp³-hybridized carbons (Fsp3) is 0.875. The zero-order valence-electron chi connectivity index (χ0n) is 14.0. The largest absolute Gasteiger partial charge is 0.383 e. The molecule has 2 amide bonds. The van der Waals surface area contributed by atoms with Gasteiger partial charge in [-0.1, -0.05) is 6.42 Å². The molecule has 6 heteroatoms. The van der Waals surface area contributed by atoms with Gasteiger partial charge in [-0.25, -0.2) is 0 Å². The maximum atomic E-state index is 12.5. The first kappa shape index (κ1) is 17.2. The van der Waals surface area contributed by atoms with Crippen LogP contribution in [0.4, 0.5) is 0 Å². The molecule has 0 aromatic rings. The molecule has 2 aliphatic rings. The Labute approximate surface area is 133 Å². The van der Waals surface area contributed by atoms with Gasteiger partial charge in [-0.15, -0.1) is 0 Å². The average Bonchev–Trinajstić information content (AvgIpc) is 2.43. The number of rotatable bonds is 6. The highest BCUT2D eigenvalue weighted by molar-refractivity contribution is 5.88. The number of hydrogen-bond donors (Lipinski definition) is 1. The summed E-state index contributed by atoms with van der Waals surface area (Å²) in [4.78, 5) is 28.7. The van der Waals surface area contributed by atoms with Gasteiger partial charge in [0.15, 0.2) is 0 Å². The van der Waals surface area contributed by atoms with Crippen molar-refractivity contribution < 1.29 is 14.3 Å². The van der Waals surface area contributed by atoms with Crippen molar-refractivity contribution in [3.8, 4) is 0 Å². The lowest BCUT2D eigenvalue weighted by Gasteiger charge is -2.40. The monoisotopic (exact) mass is 311 g/mol. The number of amides is 2. The van der Waals surface area contributed by atoms with Crippen LogP contribution in [-0.2, 0) is 14.3 Å². The number of carbonyl (C=O) groups is 2. The number of nitrogens with zero attached hydrogens (tertiary/aromatic N) is 2. The van der Waals surface area contributed by atoms with Crippen LogP contribution < -0.4 is 5.32 Å². The Balaban J connectivity index is 1.78. The van der Waals surface area contributed by atoms with Crippen molar-refractivity contribution in [1.82, 2.24) is 15.1 Å². The molecule has 1 heterocycles. The summed E-state index contributed by atoms with van der Waals surface area (Å²) >= 11 is 0. The maximum absolute atomic E-state index is 12.5. The second-order valence-electron chi connectivity index (χ2n) is 6.52.